The Labute approximate surface area is 144 Å². The topological polar surface area (TPSA) is 95.6 Å². The molecule has 0 bridgehead atoms. The highest BCUT2D eigenvalue weighted by molar-refractivity contribution is 5.77. The molecule has 2 heterocycles. The lowest BCUT2D eigenvalue weighted by atomic mass is 10.2. The van der Waals surface area contributed by atoms with E-state index in [1.807, 2.05) is 18.2 Å². The summed E-state index contributed by atoms with van der Waals surface area (Å²) in [6, 6.07) is 7.29. The molecule has 1 aliphatic rings. The van der Waals surface area contributed by atoms with E-state index in [2.05, 4.69) is 14.7 Å². The molecule has 1 saturated heterocycles. The highest BCUT2D eigenvalue weighted by Crippen LogP contribution is 2.09. The van der Waals surface area contributed by atoms with E-state index in [1.54, 1.807) is 15.9 Å². The van der Waals surface area contributed by atoms with Crippen molar-refractivity contribution in [2.24, 2.45) is 0 Å². The molecule has 0 saturated carbocycles. The minimum absolute atomic E-state index is 0.0427. The van der Waals surface area contributed by atoms with E-state index in [9.17, 15) is 14.4 Å². The zero-order valence-electron chi connectivity index (χ0n) is 14.0. The lowest BCUT2D eigenvalue weighted by Gasteiger charge is -2.33. The van der Waals surface area contributed by atoms with Crippen molar-refractivity contribution in [2.75, 3.05) is 33.3 Å². The number of H-pyrrole nitrogens is 1. The first-order valence-corrected chi connectivity index (χ1v) is 8.17. The molecule has 0 atom stereocenters. The van der Waals surface area contributed by atoms with Gasteiger partial charge in [0.15, 0.2) is 0 Å². The number of nitrogens with zero attached hydrogens (tertiary/aromatic N) is 3. The number of rotatable bonds is 3. The van der Waals surface area contributed by atoms with Gasteiger partial charge in [0.25, 0.3) is 5.56 Å². The number of benzene rings is 1. The Morgan fingerprint density at radius 2 is 1.84 bits per heavy atom. The number of para-hydroxylation sites is 2. The molecule has 0 unspecified atom stereocenters. The third-order valence-corrected chi connectivity index (χ3v) is 4.31. The number of methoxy groups -OCH3 is 1. The fraction of sp³-hybridized carbons (Fsp3) is 0.412. The van der Waals surface area contributed by atoms with Gasteiger partial charge < -0.3 is 19.5 Å². The number of hydrogen-bond acceptors (Lipinski definition) is 5. The van der Waals surface area contributed by atoms with E-state index < -0.39 is 0 Å². The summed E-state index contributed by atoms with van der Waals surface area (Å²) in [4.78, 5) is 46.3. The number of aromatic nitrogens is 2. The summed E-state index contributed by atoms with van der Waals surface area (Å²) in [5.41, 5.74) is 1.49. The molecule has 2 aromatic rings. The van der Waals surface area contributed by atoms with Crippen molar-refractivity contribution < 1.29 is 14.3 Å². The van der Waals surface area contributed by atoms with Crippen LogP contribution in [0, 0.1) is 0 Å². The predicted molar refractivity (Wildman–Crippen MR) is 91.2 cm³/mol. The molecule has 3 rings (SSSR count). The summed E-state index contributed by atoms with van der Waals surface area (Å²) in [6.45, 7) is 1.84. The number of amides is 2. The van der Waals surface area contributed by atoms with Gasteiger partial charge >= 0.3 is 6.09 Å². The molecular formula is C17H20N4O4. The Kier molecular flexibility index (Phi) is 4.97. The summed E-state index contributed by atoms with van der Waals surface area (Å²) in [5, 5.41) is 0. The van der Waals surface area contributed by atoms with Crippen LogP contribution in [0.15, 0.2) is 29.1 Å². The smallest absolute Gasteiger partial charge is 0.409 e. The van der Waals surface area contributed by atoms with E-state index >= 15 is 0 Å². The van der Waals surface area contributed by atoms with Crippen LogP contribution in [0.25, 0.3) is 11.0 Å². The maximum absolute atomic E-state index is 12.3. The van der Waals surface area contributed by atoms with Crippen LogP contribution in [0.1, 0.15) is 12.1 Å². The summed E-state index contributed by atoms with van der Waals surface area (Å²) in [7, 11) is 1.34. The molecule has 0 radical (unpaired) electrons. The summed E-state index contributed by atoms with van der Waals surface area (Å²) >= 11 is 0. The zero-order valence-corrected chi connectivity index (χ0v) is 14.0. The summed E-state index contributed by atoms with van der Waals surface area (Å²) in [6.07, 6.45) is 0.127. The largest absolute Gasteiger partial charge is 0.453 e. The molecule has 8 heteroatoms. The van der Waals surface area contributed by atoms with Gasteiger partial charge in [0.1, 0.15) is 5.69 Å². The van der Waals surface area contributed by atoms with Gasteiger partial charge in [-0.1, -0.05) is 12.1 Å². The summed E-state index contributed by atoms with van der Waals surface area (Å²) in [5.74, 6) is -0.0427. The molecule has 1 aromatic heterocycles. The van der Waals surface area contributed by atoms with Gasteiger partial charge in [-0.15, -0.1) is 0 Å². The Morgan fingerprint density at radius 3 is 2.56 bits per heavy atom. The zero-order chi connectivity index (χ0) is 17.8. The van der Waals surface area contributed by atoms with Crippen LogP contribution in [0.5, 0.6) is 0 Å². The second-order valence-corrected chi connectivity index (χ2v) is 5.87. The van der Waals surface area contributed by atoms with Crippen molar-refractivity contribution >= 4 is 23.0 Å². The van der Waals surface area contributed by atoms with Gasteiger partial charge in [0.2, 0.25) is 5.91 Å². The number of fused-ring (bicyclic) bond motifs is 1. The van der Waals surface area contributed by atoms with Crippen molar-refractivity contribution in [2.45, 2.75) is 12.8 Å². The molecule has 0 spiro atoms. The van der Waals surface area contributed by atoms with Crippen molar-refractivity contribution in [3.63, 3.8) is 0 Å². The van der Waals surface area contributed by atoms with Gasteiger partial charge in [-0.2, -0.15) is 0 Å². The van der Waals surface area contributed by atoms with Crippen molar-refractivity contribution in [1.29, 1.82) is 0 Å². The Hall–Kier alpha value is -2.90. The standard InChI is InChI=1S/C17H20N4O4/c1-25-17(24)21-10-8-20(9-11-21)15(22)7-6-14-16(23)19-13-5-3-2-4-12(13)18-14/h2-5H,6-11H2,1H3,(H,19,23). The van der Waals surface area contributed by atoms with Gasteiger partial charge in [0, 0.05) is 39.0 Å². The van der Waals surface area contributed by atoms with Crippen LogP contribution in [0.3, 0.4) is 0 Å². The molecule has 0 aliphatic carbocycles. The number of aromatic amines is 1. The van der Waals surface area contributed by atoms with E-state index in [0.717, 1.165) is 0 Å². The number of nitrogens with one attached hydrogen (secondary N) is 1. The van der Waals surface area contributed by atoms with Crippen LogP contribution >= 0.6 is 0 Å². The molecular weight excluding hydrogens is 324 g/mol. The number of hydrogen-bond donors (Lipinski definition) is 1. The van der Waals surface area contributed by atoms with Crippen molar-refractivity contribution in [3.05, 3.63) is 40.3 Å². The monoisotopic (exact) mass is 344 g/mol. The quantitative estimate of drug-likeness (QED) is 0.887. The second-order valence-electron chi connectivity index (χ2n) is 5.87. The van der Waals surface area contributed by atoms with Gasteiger partial charge in [-0.3, -0.25) is 9.59 Å². The van der Waals surface area contributed by atoms with E-state index in [0.29, 0.717) is 42.9 Å². The Morgan fingerprint density at radius 1 is 1.16 bits per heavy atom. The first-order valence-electron chi connectivity index (χ1n) is 8.17. The lowest BCUT2D eigenvalue weighted by Crippen LogP contribution is -2.50. The molecule has 2 amide bonds. The number of carbonyl (C=O) groups excluding carboxylic acids is 2. The maximum atomic E-state index is 12.3. The van der Waals surface area contributed by atoms with Crippen LogP contribution in [0.4, 0.5) is 4.79 Å². The predicted octanol–water partition coefficient (Wildman–Crippen LogP) is 0.766. The Balaban J connectivity index is 1.59. The van der Waals surface area contributed by atoms with Crippen LogP contribution in [-0.2, 0) is 16.0 Å². The first kappa shape index (κ1) is 16.9. The molecule has 1 aliphatic heterocycles. The minimum atomic E-state index is -0.376. The molecule has 8 nitrogen and oxygen atoms in total. The van der Waals surface area contributed by atoms with Crippen molar-refractivity contribution in [1.82, 2.24) is 19.8 Å². The van der Waals surface area contributed by atoms with Gasteiger partial charge in [0.05, 0.1) is 18.1 Å². The number of carbonyl (C=O) groups is 2. The second kappa shape index (κ2) is 7.33. The molecule has 25 heavy (non-hydrogen) atoms. The van der Waals surface area contributed by atoms with Crippen LogP contribution < -0.4 is 5.56 Å². The van der Waals surface area contributed by atoms with Crippen molar-refractivity contribution in [3.8, 4) is 0 Å². The summed E-state index contributed by atoms with van der Waals surface area (Å²) < 4.78 is 4.68. The Bertz CT molecular complexity index is 840. The maximum Gasteiger partial charge on any atom is 0.409 e. The third kappa shape index (κ3) is 3.78. The fourth-order valence-electron chi connectivity index (χ4n) is 2.89. The minimum Gasteiger partial charge on any atom is -0.453 e. The average molecular weight is 344 g/mol. The third-order valence-electron chi connectivity index (χ3n) is 4.31. The molecule has 132 valence electrons. The van der Waals surface area contributed by atoms with E-state index in [-0.39, 0.29) is 30.4 Å². The molecule has 1 aromatic carbocycles. The number of ether oxygens (including phenoxy) is 1. The fourth-order valence-corrected chi connectivity index (χ4v) is 2.89. The normalized spacial score (nSPS) is 14.6. The molecule has 1 N–H and O–H groups in total. The van der Waals surface area contributed by atoms with E-state index in [4.69, 9.17) is 0 Å². The van der Waals surface area contributed by atoms with Gasteiger partial charge in [-0.25, -0.2) is 9.78 Å². The highest BCUT2D eigenvalue weighted by atomic mass is 16.5. The molecule has 1 fully saturated rings. The number of piperazine rings is 1. The number of aryl methyl sites for hydroxylation is 1. The lowest BCUT2D eigenvalue weighted by molar-refractivity contribution is -0.132. The van der Waals surface area contributed by atoms with E-state index in [1.165, 1.54) is 7.11 Å². The van der Waals surface area contributed by atoms with Crippen LogP contribution in [0.2, 0.25) is 0 Å². The highest BCUT2D eigenvalue weighted by Gasteiger charge is 2.24. The van der Waals surface area contributed by atoms with Crippen LogP contribution in [-0.4, -0.2) is 65.1 Å². The van der Waals surface area contributed by atoms with Gasteiger partial charge in [-0.05, 0) is 12.1 Å². The average Bonchev–Trinajstić information content (AvgIpc) is 2.65. The SMILES string of the molecule is COC(=O)N1CCN(C(=O)CCc2nc3ccccc3[nH]c2=O)CC1. The first-order chi connectivity index (χ1) is 12.1.